The molecule has 1 N–H and O–H groups in total. The lowest BCUT2D eigenvalue weighted by atomic mass is 9.75. The van der Waals surface area contributed by atoms with Crippen LogP contribution in [0.2, 0.25) is 0 Å². The van der Waals surface area contributed by atoms with Crippen molar-refractivity contribution in [3.8, 4) is 0 Å². The molecule has 1 aliphatic carbocycles. The summed E-state index contributed by atoms with van der Waals surface area (Å²) in [6.07, 6.45) is 2.67. The van der Waals surface area contributed by atoms with Gasteiger partial charge in [0, 0.05) is 6.54 Å². The zero-order valence-corrected chi connectivity index (χ0v) is 4.78. The van der Waals surface area contributed by atoms with E-state index in [0.717, 1.165) is 11.8 Å². The second-order valence-corrected chi connectivity index (χ2v) is 2.52. The first-order chi connectivity index (χ1) is 3.34. The second-order valence-electron chi connectivity index (χ2n) is 2.52. The molecule has 0 amide bonds. The van der Waals surface area contributed by atoms with E-state index in [4.69, 9.17) is 5.73 Å². The van der Waals surface area contributed by atoms with Gasteiger partial charge in [-0.15, -0.1) is 0 Å². The quantitative estimate of drug-likeness (QED) is 0.472. The molecule has 0 saturated heterocycles. The van der Waals surface area contributed by atoms with Crippen LogP contribution in [0.3, 0.4) is 0 Å². The van der Waals surface area contributed by atoms with Gasteiger partial charge in [-0.05, 0) is 18.3 Å². The largest absolute Gasteiger partial charge is 0.258 e. The van der Waals surface area contributed by atoms with Crippen LogP contribution < -0.4 is 5.73 Å². The Morgan fingerprint density at radius 2 is 2.29 bits per heavy atom. The third kappa shape index (κ3) is 0.778. The van der Waals surface area contributed by atoms with Gasteiger partial charge in [0.2, 0.25) is 0 Å². The first-order valence-electron chi connectivity index (χ1n) is 2.99. The average Bonchev–Trinajstić information content (AvgIpc) is 1.65. The van der Waals surface area contributed by atoms with Crippen LogP contribution in [0.15, 0.2) is 0 Å². The van der Waals surface area contributed by atoms with Crippen molar-refractivity contribution in [3.05, 3.63) is 0 Å². The van der Waals surface area contributed by atoms with Crippen LogP contribution >= 0.6 is 0 Å². The second kappa shape index (κ2) is 1.83. The molecule has 0 aliphatic heterocycles. The summed E-state index contributed by atoms with van der Waals surface area (Å²) in [4.78, 5) is 0. The SMILES string of the molecule is CC1CCC1C[NH]. The van der Waals surface area contributed by atoms with Gasteiger partial charge < -0.3 is 0 Å². The van der Waals surface area contributed by atoms with Crippen molar-refractivity contribution in [2.45, 2.75) is 19.8 Å². The molecule has 0 aromatic rings. The highest BCUT2D eigenvalue weighted by molar-refractivity contribution is 4.76. The molecular formula is C6H12N. The maximum absolute atomic E-state index is 6.99. The van der Waals surface area contributed by atoms with E-state index in [9.17, 15) is 0 Å². The van der Waals surface area contributed by atoms with Crippen LogP contribution in [0.1, 0.15) is 19.8 Å². The number of hydrogen-bond acceptors (Lipinski definition) is 0. The van der Waals surface area contributed by atoms with Gasteiger partial charge in [-0.2, -0.15) is 0 Å². The highest BCUT2D eigenvalue weighted by Gasteiger charge is 2.24. The van der Waals surface area contributed by atoms with Crippen molar-refractivity contribution in [2.75, 3.05) is 6.54 Å². The Balaban J connectivity index is 2.16. The molecule has 1 radical (unpaired) electrons. The molecule has 0 aromatic carbocycles. The molecule has 41 valence electrons. The highest BCUT2D eigenvalue weighted by atomic mass is 14.6. The van der Waals surface area contributed by atoms with Crippen LogP contribution in [-0.2, 0) is 0 Å². The minimum Gasteiger partial charge on any atom is -0.258 e. The summed E-state index contributed by atoms with van der Waals surface area (Å²) in [5.74, 6) is 1.61. The van der Waals surface area contributed by atoms with E-state index < -0.39 is 0 Å². The molecule has 1 fully saturated rings. The van der Waals surface area contributed by atoms with Crippen LogP contribution in [0.5, 0.6) is 0 Å². The standard InChI is InChI=1S/C6H12N/c1-5-2-3-6(5)4-7/h5-7H,2-4H2,1H3. The van der Waals surface area contributed by atoms with Crippen molar-refractivity contribution in [2.24, 2.45) is 11.8 Å². The number of rotatable bonds is 1. The van der Waals surface area contributed by atoms with Crippen molar-refractivity contribution < 1.29 is 0 Å². The van der Waals surface area contributed by atoms with Gasteiger partial charge in [0.05, 0.1) is 0 Å². The molecule has 2 atom stereocenters. The topological polar surface area (TPSA) is 23.8 Å². The van der Waals surface area contributed by atoms with Gasteiger partial charge in [-0.3, -0.25) is 5.73 Å². The van der Waals surface area contributed by atoms with Crippen LogP contribution in [0.4, 0.5) is 0 Å². The first kappa shape index (κ1) is 5.10. The molecular weight excluding hydrogens is 86.1 g/mol. The van der Waals surface area contributed by atoms with E-state index in [2.05, 4.69) is 6.92 Å². The van der Waals surface area contributed by atoms with Gasteiger partial charge in [0.25, 0.3) is 0 Å². The maximum atomic E-state index is 6.99. The number of hydrogen-bond donors (Lipinski definition) is 0. The molecule has 1 nitrogen and oxygen atoms in total. The molecule has 0 heterocycles. The summed E-state index contributed by atoms with van der Waals surface area (Å²) in [6, 6.07) is 0. The van der Waals surface area contributed by atoms with Crippen LogP contribution in [0.25, 0.3) is 0 Å². The molecule has 1 aliphatic rings. The predicted octanol–water partition coefficient (Wildman–Crippen LogP) is 1.32. The summed E-state index contributed by atoms with van der Waals surface area (Å²) < 4.78 is 0. The van der Waals surface area contributed by atoms with Gasteiger partial charge in [0.1, 0.15) is 0 Å². The Labute approximate surface area is 44.9 Å². The lowest BCUT2D eigenvalue weighted by Gasteiger charge is -2.31. The highest BCUT2D eigenvalue weighted by Crippen LogP contribution is 2.32. The van der Waals surface area contributed by atoms with E-state index in [1.165, 1.54) is 12.8 Å². The van der Waals surface area contributed by atoms with Gasteiger partial charge in [-0.1, -0.05) is 13.3 Å². The van der Waals surface area contributed by atoms with E-state index in [0.29, 0.717) is 6.54 Å². The molecule has 7 heavy (non-hydrogen) atoms. The zero-order chi connectivity index (χ0) is 5.28. The molecule has 0 bridgehead atoms. The summed E-state index contributed by atoms with van der Waals surface area (Å²) >= 11 is 0. The third-order valence-corrected chi connectivity index (χ3v) is 2.06. The third-order valence-electron chi connectivity index (χ3n) is 2.06. The van der Waals surface area contributed by atoms with E-state index in [1.54, 1.807) is 0 Å². The fraction of sp³-hybridized carbons (Fsp3) is 1.00. The first-order valence-corrected chi connectivity index (χ1v) is 2.99. The van der Waals surface area contributed by atoms with Crippen LogP contribution in [0, 0.1) is 11.8 Å². The number of nitrogens with one attached hydrogen (secondary N) is 1. The van der Waals surface area contributed by atoms with Crippen molar-refractivity contribution in [1.29, 1.82) is 0 Å². The molecule has 1 rings (SSSR count). The molecule has 0 aromatic heterocycles. The fourth-order valence-electron chi connectivity index (χ4n) is 1.04. The molecule has 2 unspecified atom stereocenters. The van der Waals surface area contributed by atoms with Crippen molar-refractivity contribution >= 4 is 0 Å². The summed E-state index contributed by atoms with van der Waals surface area (Å²) in [7, 11) is 0. The van der Waals surface area contributed by atoms with E-state index in [1.807, 2.05) is 0 Å². The van der Waals surface area contributed by atoms with E-state index >= 15 is 0 Å². The van der Waals surface area contributed by atoms with Gasteiger partial charge in [-0.25, -0.2) is 0 Å². The minimum absolute atomic E-state index is 0.654. The molecule has 1 heteroatoms. The Kier molecular flexibility index (Phi) is 1.33. The predicted molar refractivity (Wildman–Crippen MR) is 29.9 cm³/mol. The fourth-order valence-corrected chi connectivity index (χ4v) is 1.04. The van der Waals surface area contributed by atoms with Gasteiger partial charge in [0.15, 0.2) is 0 Å². The summed E-state index contributed by atoms with van der Waals surface area (Å²) in [5.41, 5.74) is 6.99. The molecule has 0 spiro atoms. The lowest BCUT2D eigenvalue weighted by molar-refractivity contribution is 0.203. The Hall–Kier alpha value is -0.0400. The van der Waals surface area contributed by atoms with Gasteiger partial charge >= 0.3 is 0 Å². The van der Waals surface area contributed by atoms with Crippen molar-refractivity contribution in [3.63, 3.8) is 0 Å². The Morgan fingerprint density at radius 3 is 2.29 bits per heavy atom. The normalized spacial score (nSPS) is 40.3. The maximum Gasteiger partial charge on any atom is 0.0131 e. The molecule has 1 saturated carbocycles. The average molecular weight is 98.2 g/mol. The smallest absolute Gasteiger partial charge is 0.0131 e. The summed E-state index contributed by atoms with van der Waals surface area (Å²) in [5, 5.41) is 0. The minimum atomic E-state index is 0.654. The zero-order valence-electron chi connectivity index (χ0n) is 4.78. The van der Waals surface area contributed by atoms with Crippen LogP contribution in [-0.4, -0.2) is 6.54 Å². The van der Waals surface area contributed by atoms with Crippen molar-refractivity contribution in [1.82, 2.24) is 5.73 Å². The lowest BCUT2D eigenvalue weighted by Crippen LogP contribution is -2.26. The monoisotopic (exact) mass is 98.1 g/mol. The Morgan fingerprint density at radius 1 is 1.57 bits per heavy atom. The Bertz CT molecular complexity index is 59.2. The summed E-state index contributed by atoms with van der Waals surface area (Å²) in [6.45, 7) is 2.89. The van der Waals surface area contributed by atoms with E-state index in [-0.39, 0.29) is 0 Å².